The molecule has 4 rings (SSSR count). The fourth-order valence-electron chi connectivity index (χ4n) is 2.73. The highest BCUT2D eigenvalue weighted by molar-refractivity contribution is 6.36. The Morgan fingerprint density at radius 1 is 0.957 bits per heavy atom. The highest BCUT2D eigenvalue weighted by Crippen LogP contribution is 2.34. The van der Waals surface area contributed by atoms with Gasteiger partial charge in [0.05, 0.1) is 24.1 Å². The predicted molar refractivity (Wildman–Crippen MR) is 97.1 cm³/mol. The van der Waals surface area contributed by atoms with Crippen molar-refractivity contribution in [3.05, 3.63) is 75.4 Å². The number of aromatic amines is 1. The van der Waals surface area contributed by atoms with Gasteiger partial charge < -0.3 is 0 Å². The van der Waals surface area contributed by atoms with E-state index >= 15 is 0 Å². The lowest BCUT2D eigenvalue weighted by atomic mass is 9.95. The molecule has 0 fully saturated rings. The molecular formula is C17H12Cl3N3. The molecule has 0 atom stereocenters. The molecule has 2 aromatic carbocycles. The second-order valence-electron chi connectivity index (χ2n) is 5.10. The molecule has 0 bridgehead atoms. The highest BCUT2D eigenvalue weighted by Gasteiger charge is 2.21. The minimum Gasteiger partial charge on any atom is -0.279 e. The Morgan fingerprint density at radius 2 is 1.78 bits per heavy atom. The van der Waals surface area contributed by atoms with Crippen molar-refractivity contribution >= 4 is 41.3 Å². The van der Waals surface area contributed by atoms with Crippen LogP contribution in [0.25, 0.3) is 11.3 Å². The lowest BCUT2D eigenvalue weighted by Crippen LogP contribution is -2.05. The third-order valence-corrected chi connectivity index (χ3v) is 4.33. The molecule has 3 nitrogen and oxygen atoms in total. The monoisotopic (exact) mass is 363 g/mol. The zero-order valence-corrected chi connectivity index (χ0v) is 14.2. The van der Waals surface area contributed by atoms with Gasteiger partial charge in [-0.1, -0.05) is 47.5 Å². The van der Waals surface area contributed by atoms with Crippen molar-refractivity contribution in [1.29, 1.82) is 0 Å². The zero-order chi connectivity index (χ0) is 15.1. The van der Waals surface area contributed by atoms with Crippen LogP contribution in [0.15, 0.2) is 53.7 Å². The summed E-state index contributed by atoms with van der Waals surface area (Å²) in [6, 6.07) is 13.5. The number of rotatable bonds is 1. The molecule has 0 saturated carbocycles. The molecule has 1 aliphatic heterocycles. The maximum atomic E-state index is 6.37. The van der Waals surface area contributed by atoms with Gasteiger partial charge in [-0.15, -0.1) is 12.4 Å². The van der Waals surface area contributed by atoms with Crippen LogP contribution in [0.2, 0.25) is 10.0 Å². The van der Waals surface area contributed by atoms with E-state index in [9.17, 15) is 0 Å². The number of H-pyrrole nitrogens is 1. The second kappa shape index (κ2) is 6.36. The van der Waals surface area contributed by atoms with Crippen molar-refractivity contribution in [3.8, 4) is 11.3 Å². The molecule has 0 saturated heterocycles. The van der Waals surface area contributed by atoms with E-state index in [1.807, 2.05) is 48.7 Å². The Hall–Kier alpha value is -1.81. The number of nitrogens with zero attached hydrogens (tertiary/aromatic N) is 2. The molecule has 116 valence electrons. The van der Waals surface area contributed by atoms with E-state index in [0.717, 1.165) is 33.7 Å². The van der Waals surface area contributed by atoms with Gasteiger partial charge in [-0.25, -0.2) is 0 Å². The van der Waals surface area contributed by atoms with E-state index in [4.69, 9.17) is 28.2 Å². The van der Waals surface area contributed by atoms with Gasteiger partial charge >= 0.3 is 0 Å². The molecule has 0 spiro atoms. The molecule has 0 amide bonds. The van der Waals surface area contributed by atoms with Gasteiger partial charge in [-0.3, -0.25) is 10.1 Å². The standard InChI is InChI=1S/C17H11Cl2N3.ClH/c18-11-5-6-12-14(7-11)17(13-3-1-2-4-15(13)19)20-8-10-9-21-22-16(10)12;/h1-7,9H,8H2,(H,21,22);1H. The number of nitrogens with one attached hydrogen (secondary N) is 1. The molecule has 6 heteroatoms. The largest absolute Gasteiger partial charge is 0.279 e. The lowest BCUT2D eigenvalue weighted by molar-refractivity contribution is 1.08. The summed E-state index contributed by atoms with van der Waals surface area (Å²) in [6.45, 7) is 0.554. The molecule has 1 N–H and O–H groups in total. The van der Waals surface area contributed by atoms with Crippen molar-refractivity contribution in [1.82, 2.24) is 10.2 Å². The quantitative estimate of drug-likeness (QED) is 0.637. The summed E-state index contributed by atoms with van der Waals surface area (Å²) in [5.41, 5.74) is 5.80. The smallest absolute Gasteiger partial charge is 0.0745 e. The Balaban J connectivity index is 0.00000156. The number of hydrogen-bond donors (Lipinski definition) is 1. The van der Waals surface area contributed by atoms with Crippen molar-refractivity contribution in [2.24, 2.45) is 4.99 Å². The number of aliphatic imine (C=N–C) groups is 1. The van der Waals surface area contributed by atoms with E-state index in [1.54, 1.807) is 0 Å². The third-order valence-electron chi connectivity index (χ3n) is 3.76. The summed E-state index contributed by atoms with van der Waals surface area (Å²) in [4.78, 5) is 4.76. The molecule has 3 aromatic rings. The van der Waals surface area contributed by atoms with E-state index in [0.29, 0.717) is 16.6 Å². The minimum absolute atomic E-state index is 0. The second-order valence-corrected chi connectivity index (χ2v) is 5.95. The van der Waals surface area contributed by atoms with E-state index in [-0.39, 0.29) is 12.4 Å². The van der Waals surface area contributed by atoms with Crippen LogP contribution in [0, 0.1) is 0 Å². The summed E-state index contributed by atoms with van der Waals surface area (Å²) in [7, 11) is 0. The van der Waals surface area contributed by atoms with E-state index < -0.39 is 0 Å². The van der Waals surface area contributed by atoms with Crippen molar-refractivity contribution in [2.45, 2.75) is 6.54 Å². The topological polar surface area (TPSA) is 41.0 Å². The van der Waals surface area contributed by atoms with Crippen molar-refractivity contribution in [3.63, 3.8) is 0 Å². The number of halogens is 3. The molecule has 0 radical (unpaired) electrons. The van der Waals surface area contributed by atoms with Gasteiger partial charge in [0.1, 0.15) is 0 Å². The van der Waals surface area contributed by atoms with Crippen molar-refractivity contribution in [2.75, 3.05) is 0 Å². The summed E-state index contributed by atoms with van der Waals surface area (Å²) in [5, 5.41) is 8.53. The molecule has 0 aliphatic carbocycles. The molecular weight excluding hydrogens is 353 g/mol. The van der Waals surface area contributed by atoms with E-state index in [2.05, 4.69) is 10.2 Å². The number of fused-ring (bicyclic) bond motifs is 3. The first kappa shape index (κ1) is 16.1. The van der Waals surface area contributed by atoms with Gasteiger partial charge in [-0.05, 0) is 18.2 Å². The average molecular weight is 365 g/mol. The van der Waals surface area contributed by atoms with Crippen LogP contribution in [-0.2, 0) is 6.54 Å². The highest BCUT2D eigenvalue weighted by atomic mass is 35.5. The summed E-state index contributed by atoms with van der Waals surface area (Å²) >= 11 is 12.6. The van der Waals surface area contributed by atoms with E-state index in [1.165, 1.54) is 0 Å². The fraction of sp³-hybridized carbons (Fsp3) is 0.0588. The van der Waals surface area contributed by atoms with Crippen LogP contribution in [0.1, 0.15) is 16.7 Å². The number of hydrogen-bond acceptors (Lipinski definition) is 2. The Labute approximate surface area is 149 Å². The van der Waals surface area contributed by atoms with Gasteiger partial charge in [-0.2, -0.15) is 5.10 Å². The van der Waals surface area contributed by atoms with Crippen LogP contribution in [0.4, 0.5) is 0 Å². The van der Waals surface area contributed by atoms with Gasteiger partial charge in [0.15, 0.2) is 0 Å². The molecule has 2 heterocycles. The SMILES string of the molecule is Cl.Clc1ccc2c(c1)C(c1ccccc1Cl)=NCc1cn[nH]c1-2. The summed E-state index contributed by atoms with van der Waals surface area (Å²) in [5.74, 6) is 0. The molecule has 0 unspecified atom stereocenters. The Morgan fingerprint density at radius 3 is 2.61 bits per heavy atom. The molecule has 1 aromatic heterocycles. The summed E-state index contributed by atoms with van der Waals surface area (Å²) < 4.78 is 0. The predicted octanol–water partition coefficient (Wildman–Crippen LogP) is 5.16. The fourth-order valence-corrected chi connectivity index (χ4v) is 3.12. The normalized spacial score (nSPS) is 12.5. The number of benzene rings is 2. The Bertz CT molecular complexity index is 900. The van der Waals surface area contributed by atoms with Gasteiger partial charge in [0.2, 0.25) is 0 Å². The first-order valence-electron chi connectivity index (χ1n) is 6.86. The third kappa shape index (κ3) is 2.76. The minimum atomic E-state index is 0. The van der Waals surface area contributed by atoms with Gasteiger partial charge in [0.25, 0.3) is 0 Å². The summed E-state index contributed by atoms with van der Waals surface area (Å²) in [6.07, 6.45) is 1.81. The zero-order valence-electron chi connectivity index (χ0n) is 11.9. The van der Waals surface area contributed by atoms with Crippen LogP contribution in [0.5, 0.6) is 0 Å². The van der Waals surface area contributed by atoms with Crippen LogP contribution in [0.3, 0.4) is 0 Å². The van der Waals surface area contributed by atoms with Crippen LogP contribution >= 0.6 is 35.6 Å². The maximum Gasteiger partial charge on any atom is 0.0745 e. The van der Waals surface area contributed by atoms with Crippen LogP contribution in [-0.4, -0.2) is 15.9 Å². The first-order chi connectivity index (χ1) is 10.7. The Kier molecular flexibility index (Phi) is 4.44. The number of aromatic nitrogens is 2. The lowest BCUT2D eigenvalue weighted by Gasteiger charge is -2.11. The molecule has 23 heavy (non-hydrogen) atoms. The van der Waals surface area contributed by atoms with Crippen LogP contribution < -0.4 is 0 Å². The molecule has 1 aliphatic rings. The van der Waals surface area contributed by atoms with Gasteiger partial charge in [0, 0.05) is 32.3 Å². The maximum absolute atomic E-state index is 6.37. The average Bonchev–Trinajstić information content (AvgIpc) is 2.92. The first-order valence-corrected chi connectivity index (χ1v) is 7.61. The van der Waals surface area contributed by atoms with Crippen molar-refractivity contribution < 1.29 is 0 Å².